The number of phenols is 2. The zero-order valence-electron chi connectivity index (χ0n) is 14.2. The van der Waals surface area contributed by atoms with Crippen molar-refractivity contribution in [2.75, 3.05) is 6.61 Å². The lowest BCUT2D eigenvalue weighted by molar-refractivity contribution is 0.104. The summed E-state index contributed by atoms with van der Waals surface area (Å²) in [7, 11) is 0. The van der Waals surface area contributed by atoms with Crippen LogP contribution in [0, 0.1) is 0 Å². The van der Waals surface area contributed by atoms with Gasteiger partial charge in [-0.2, -0.15) is 0 Å². The minimum absolute atomic E-state index is 0.114. The van der Waals surface area contributed by atoms with E-state index in [1.807, 2.05) is 6.92 Å². The second-order valence-electron chi connectivity index (χ2n) is 5.60. The monoisotopic (exact) mass is 338 g/mol. The second-order valence-corrected chi connectivity index (χ2v) is 5.60. The number of hydrogen-bond donors (Lipinski definition) is 2. The summed E-state index contributed by atoms with van der Waals surface area (Å²) in [5.74, 6) is 0.609. The highest BCUT2D eigenvalue weighted by Gasteiger charge is 2.09. The first-order valence-corrected chi connectivity index (χ1v) is 8.16. The van der Waals surface area contributed by atoms with E-state index in [1.54, 1.807) is 36.4 Å². The molecule has 0 aliphatic rings. The summed E-state index contributed by atoms with van der Waals surface area (Å²) in [4.78, 5) is 12.3. The van der Waals surface area contributed by atoms with E-state index in [4.69, 9.17) is 4.74 Å². The van der Waals surface area contributed by atoms with Crippen molar-refractivity contribution in [3.05, 3.63) is 71.8 Å². The third-order valence-corrected chi connectivity index (χ3v) is 3.60. The number of ketones is 1. The van der Waals surface area contributed by atoms with E-state index in [-0.39, 0.29) is 17.3 Å². The minimum Gasteiger partial charge on any atom is -0.508 e. The average molecular weight is 338 g/mol. The summed E-state index contributed by atoms with van der Waals surface area (Å²) in [6.45, 7) is 6.20. The van der Waals surface area contributed by atoms with Crippen LogP contribution in [0.25, 0.3) is 6.08 Å². The maximum Gasteiger partial charge on any atom is 0.185 e. The summed E-state index contributed by atoms with van der Waals surface area (Å²) < 4.78 is 5.67. The molecule has 0 aliphatic carbocycles. The van der Waals surface area contributed by atoms with Gasteiger partial charge in [0.15, 0.2) is 5.78 Å². The summed E-state index contributed by atoms with van der Waals surface area (Å²) >= 11 is 0. The van der Waals surface area contributed by atoms with Crippen LogP contribution >= 0.6 is 0 Å². The van der Waals surface area contributed by atoms with Crippen molar-refractivity contribution >= 4 is 11.9 Å². The Morgan fingerprint density at radius 2 is 1.92 bits per heavy atom. The van der Waals surface area contributed by atoms with Crippen LogP contribution in [0.4, 0.5) is 0 Å². The zero-order valence-corrected chi connectivity index (χ0v) is 14.2. The molecule has 2 rings (SSSR count). The first-order valence-electron chi connectivity index (χ1n) is 8.16. The standard InChI is InChI=1S/C21H22O4/c1-3-5-16-13-17(21(14-20(16)24)25-12-4-2)8-11-19(23)15-6-9-18(22)10-7-15/h3,6-11,13-14,22,24H,1,4-5,12H2,2H3. The van der Waals surface area contributed by atoms with Gasteiger partial charge in [-0.25, -0.2) is 0 Å². The average Bonchev–Trinajstić information content (AvgIpc) is 2.61. The van der Waals surface area contributed by atoms with Crippen LogP contribution in [0.1, 0.15) is 34.8 Å². The van der Waals surface area contributed by atoms with E-state index in [2.05, 4.69) is 6.58 Å². The lowest BCUT2D eigenvalue weighted by Gasteiger charge is -2.12. The minimum atomic E-state index is -0.181. The largest absolute Gasteiger partial charge is 0.508 e. The fourth-order valence-electron chi connectivity index (χ4n) is 2.31. The fourth-order valence-corrected chi connectivity index (χ4v) is 2.31. The SMILES string of the molecule is C=CCc1cc(C=CC(=O)c2ccc(O)cc2)c(OCCC)cc1O. The number of hydrogen-bond acceptors (Lipinski definition) is 4. The van der Waals surface area contributed by atoms with E-state index in [0.29, 0.717) is 24.3 Å². The molecule has 25 heavy (non-hydrogen) atoms. The molecule has 0 spiro atoms. The Morgan fingerprint density at radius 1 is 1.20 bits per heavy atom. The number of allylic oxidation sites excluding steroid dienone is 2. The van der Waals surface area contributed by atoms with Gasteiger partial charge in [-0.3, -0.25) is 4.79 Å². The van der Waals surface area contributed by atoms with Crippen LogP contribution in [0.5, 0.6) is 17.2 Å². The maximum atomic E-state index is 12.3. The first kappa shape index (κ1) is 18.3. The molecule has 4 heteroatoms. The molecule has 0 saturated heterocycles. The molecule has 0 aromatic heterocycles. The van der Waals surface area contributed by atoms with E-state index in [0.717, 1.165) is 17.5 Å². The number of rotatable bonds is 8. The molecular weight excluding hydrogens is 316 g/mol. The van der Waals surface area contributed by atoms with Crippen molar-refractivity contribution < 1.29 is 19.7 Å². The Morgan fingerprint density at radius 3 is 2.56 bits per heavy atom. The topological polar surface area (TPSA) is 66.8 Å². The van der Waals surface area contributed by atoms with Crippen molar-refractivity contribution in [2.24, 2.45) is 0 Å². The van der Waals surface area contributed by atoms with E-state index < -0.39 is 0 Å². The highest BCUT2D eigenvalue weighted by molar-refractivity contribution is 6.07. The van der Waals surface area contributed by atoms with Gasteiger partial charge in [0.25, 0.3) is 0 Å². The third-order valence-electron chi connectivity index (χ3n) is 3.60. The van der Waals surface area contributed by atoms with Crippen molar-refractivity contribution in [1.29, 1.82) is 0 Å². The quantitative estimate of drug-likeness (QED) is 0.422. The molecule has 2 aromatic carbocycles. The number of carbonyl (C=O) groups is 1. The zero-order chi connectivity index (χ0) is 18.2. The molecule has 0 saturated carbocycles. The lowest BCUT2D eigenvalue weighted by Crippen LogP contribution is -1.99. The predicted molar refractivity (Wildman–Crippen MR) is 99.3 cm³/mol. The van der Waals surface area contributed by atoms with Gasteiger partial charge in [0, 0.05) is 17.2 Å². The van der Waals surface area contributed by atoms with Gasteiger partial charge in [-0.15, -0.1) is 6.58 Å². The molecule has 0 radical (unpaired) electrons. The number of aromatic hydroxyl groups is 2. The molecule has 0 amide bonds. The Kier molecular flexibility index (Phi) is 6.40. The van der Waals surface area contributed by atoms with Crippen LogP contribution in [0.2, 0.25) is 0 Å². The highest BCUT2D eigenvalue weighted by atomic mass is 16.5. The van der Waals surface area contributed by atoms with Gasteiger partial charge in [-0.1, -0.05) is 13.0 Å². The molecule has 2 N–H and O–H groups in total. The second kappa shape index (κ2) is 8.73. The van der Waals surface area contributed by atoms with Gasteiger partial charge in [0.05, 0.1) is 6.61 Å². The van der Waals surface area contributed by atoms with Crippen molar-refractivity contribution in [2.45, 2.75) is 19.8 Å². The Balaban J connectivity index is 2.31. The molecule has 0 aliphatic heterocycles. The molecule has 0 fully saturated rings. The van der Waals surface area contributed by atoms with Crippen LogP contribution in [0.15, 0.2) is 55.1 Å². The number of phenolic OH excluding ortho intramolecular Hbond substituents is 2. The number of carbonyl (C=O) groups excluding carboxylic acids is 1. The number of benzene rings is 2. The van der Waals surface area contributed by atoms with Crippen LogP contribution in [0.3, 0.4) is 0 Å². The van der Waals surface area contributed by atoms with Gasteiger partial charge < -0.3 is 14.9 Å². The molecule has 0 unspecified atom stereocenters. The van der Waals surface area contributed by atoms with Gasteiger partial charge in [0.1, 0.15) is 17.2 Å². The maximum absolute atomic E-state index is 12.3. The van der Waals surface area contributed by atoms with Gasteiger partial charge in [-0.05, 0) is 60.9 Å². The van der Waals surface area contributed by atoms with Crippen LogP contribution in [-0.4, -0.2) is 22.6 Å². The van der Waals surface area contributed by atoms with Crippen molar-refractivity contribution in [1.82, 2.24) is 0 Å². The molecular formula is C21H22O4. The summed E-state index contributed by atoms with van der Waals surface area (Å²) in [6.07, 6.45) is 6.19. The normalized spacial score (nSPS) is 10.8. The molecule has 130 valence electrons. The summed E-state index contributed by atoms with van der Waals surface area (Å²) in [6, 6.07) is 9.44. The van der Waals surface area contributed by atoms with Crippen molar-refractivity contribution in [3.63, 3.8) is 0 Å². The molecule has 0 heterocycles. The predicted octanol–water partition coefficient (Wildman–Crippen LogP) is 4.51. The first-order chi connectivity index (χ1) is 12.0. The Hall–Kier alpha value is -3.01. The fraction of sp³-hybridized carbons (Fsp3) is 0.190. The number of ether oxygens (including phenoxy) is 1. The molecule has 2 aromatic rings. The highest BCUT2D eigenvalue weighted by Crippen LogP contribution is 2.30. The van der Waals surface area contributed by atoms with Crippen molar-refractivity contribution in [3.8, 4) is 17.2 Å². The Bertz CT molecular complexity index is 773. The molecule has 4 nitrogen and oxygen atoms in total. The van der Waals surface area contributed by atoms with E-state index in [1.165, 1.54) is 18.2 Å². The van der Waals surface area contributed by atoms with Crippen LogP contribution < -0.4 is 4.74 Å². The lowest BCUT2D eigenvalue weighted by atomic mass is 10.0. The van der Waals surface area contributed by atoms with E-state index >= 15 is 0 Å². The third kappa shape index (κ3) is 4.98. The smallest absolute Gasteiger partial charge is 0.185 e. The molecule has 0 bridgehead atoms. The Labute approximate surface area is 147 Å². The summed E-state index contributed by atoms with van der Waals surface area (Å²) in [5, 5.41) is 19.4. The molecule has 0 atom stereocenters. The summed E-state index contributed by atoms with van der Waals surface area (Å²) in [5.41, 5.74) is 1.92. The van der Waals surface area contributed by atoms with Gasteiger partial charge >= 0.3 is 0 Å². The van der Waals surface area contributed by atoms with E-state index in [9.17, 15) is 15.0 Å². The van der Waals surface area contributed by atoms with Crippen LogP contribution in [-0.2, 0) is 6.42 Å². The van der Waals surface area contributed by atoms with Gasteiger partial charge in [0.2, 0.25) is 0 Å².